The fraction of sp³-hybridized carbons (Fsp3) is 0.308. The molecule has 3 aromatic carbocycles. The topological polar surface area (TPSA) is 58.6 Å². The molecule has 1 atom stereocenters. The van der Waals surface area contributed by atoms with Crippen LogP contribution < -0.4 is 10.1 Å². The molecule has 0 bridgehead atoms. The van der Waals surface area contributed by atoms with Crippen molar-refractivity contribution in [2.75, 3.05) is 13.2 Å². The Kier molecular flexibility index (Phi) is 8.98. The highest BCUT2D eigenvalue weighted by molar-refractivity contribution is 6.36. The van der Waals surface area contributed by atoms with Crippen LogP contribution >= 0.6 is 23.2 Å². The minimum Gasteiger partial charge on any atom is -0.483 e. The van der Waals surface area contributed by atoms with Gasteiger partial charge in [-0.25, -0.2) is 0 Å². The molecular formula is C26H28Cl2N2O3. The molecule has 0 saturated carbocycles. The van der Waals surface area contributed by atoms with Crippen LogP contribution in [-0.2, 0) is 16.1 Å². The van der Waals surface area contributed by atoms with Crippen molar-refractivity contribution in [3.05, 3.63) is 76.3 Å². The molecule has 174 valence electrons. The van der Waals surface area contributed by atoms with E-state index in [4.69, 9.17) is 27.9 Å². The number of halogens is 2. The third-order valence-electron chi connectivity index (χ3n) is 5.43. The number of fused-ring (bicyclic) bond motifs is 1. The van der Waals surface area contributed by atoms with E-state index in [0.717, 1.165) is 17.2 Å². The summed E-state index contributed by atoms with van der Waals surface area (Å²) in [7, 11) is 0. The van der Waals surface area contributed by atoms with Gasteiger partial charge in [0.15, 0.2) is 6.61 Å². The maximum Gasteiger partial charge on any atom is 0.261 e. The maximum atomic E-state index is 13.4. The van der Waals surface area contributed by atoms with Gasteiger partial charge in [-0.3, -0.25) is 9.59 Å². The lowest BCUT2D eigenvalue weighted by Crippen LogP contribution is -2.50. The summed E-state index contributed by atoms with van der Waals surface area (Å²) in [6.45, 7) is 4.28. The maximum absolute atomic E-state index is 13.4. The Morgan fingerprint density at radius 2 is 1.64 bits per heavy atom. The van der Waals surface area contributed by atoms with Crippen LogP contribution in [0.2, 0.25) is 10.0 Å². The predicted octanol–water partition coefficient (Wildman–Crippen LogP) is 5.86. The number of benzene rings is 3. The molecule has 0 aliphatic rings. The van der Waals surface area contributed by atoms with E-state index >= 15 is 0 Å². The van der Waals surface area contributed by atoms with Crippen LogP contribution in [0.25, 0.3) is 10.8 Å². The Bertz CT molecular complexity index is 1090. The number of ether oxygens (including phenoxy) is 1. The first-order chi connectivity index (χ1) is 16.0. The largest absolute Gasteiger partial charge is 0.483 e. The molecule has 5 nitrogen and oxygen atoms in total. The van der Waals surface area contributed by atoms with Crippen molar-refractivity contribution in [3.8, 4) is 5.75 Å². The second-order valence-electron chi connectivity index (χ2n) is 7.70. The fourth-order valence-electron chi connectivity index (χ4n) is 3.68. The quantitative estimate of drug-likeness (QED) is 0.390. The van der Waals surface area contributed by atoms with Gasteiger partial charge in [0.05, 0.1) is 0 Å². The number of nitrogens with zero attached hydrogens (tertiary/aromatic N) is 1. The van der Waals surface area contributed by atoms with Gasteiger partial charge in [-0.15, -0.1) is 0 Å². The van der Waals surface area contributed by atoms with Crippen LogP contribution in [-0.4, -0.2) is 35.9 Å². The van der Waals surface area contributed by atoms with Crippen LogP contribution in [0, 0.1) is 0 Å². The minimum absolute atomic E-state index is 0.105. The third kappa shape index (κ3) is 6.18. The first kappa shape index (κ1) is 24.9. The van der Waals surface area contributed by atoms with E-state index in [2.05, 4.69) is 5.32 Å². The number of rotatable bonds is 10. The zero-order chi connectivity index (χ0) is 23.8. The van der Waals surface area contributed by atoms with E-state index in [-0.39, 0.29) is 25.0 Å². The summed E-state index contributed by atoms with van der Waals surface area (Å²) in [5, 5.41) is 5.72. The molecule has 3 aromatic rings. The van der Waals surface area contributed by atoms with Gasteiger partial charge in [0.1, 0.15) is 11.8 Å². The van der Waals surface area contributed by atoms with Crippen molar-refractivity contribution in [3.63, 3.8) is 0 Å². The van der Waals surface area contributed by atoms with Crippen molar-refractivity contribution in [2.45, 2.75) is 39.3 Å². The Morgan fingerprint density at radius 3 is 2.33 bits per heavy atom. The van der Waals surface area contributed by atoms with Crippen molar-refractivity contribution in [1.82, 2.24) is 10.2 Å². The number of hydrogen-bond donors (Lipinski definition) is 1. The summed E-state index contributed by atoms with van der Waals surface area (Å²) in [5.41, 5.74) is 0.598. The van der Waals surface area contributed by atoms with Crippen molar-refractivity contribution in [2.24, 2.45) is 0 Å². The monoisotopic (exact) mass is 486 g/mol. The second kappa shape index (κ2) is 11.9. The molecule has 0 saturated heterocycles. The Morgan fingerprint density at radius 1 is 0.970 bits per heavy atom. The van der Waals surface area contributed by atoms with Gasteiger partial charge in [0.25, 0.3) is 5.91 Å². The second-order valence-corrected chi connectivity index (χ2v) is 8.52. The van der Waals surface area contributed by atoms with Crippen LogP contribution in [0.4, 0.5) is 0 Å². The number of amides is 2. The Balaban J connectivity index is 1.86. The zero-order valence-corrected chi connectivity index (χ0v) is 20.3. The van der Waals surface area contributed by atoms with Gasteiger partial charge in [0.2, 0.25) is 5.91 Å². The normalized spacial score (nSPS) is 11.8. The third-order valence-corrected chi connectivity index (χ3v) is 6.13. The SMILES string of the molecule is CCCNC(=O)[C@H](CC)N(Cc1c(Cl)cccc1Cl)C(=O)COc1cccc2ccccc12. The summed E-state index contributed by atoms with van der Waals surface area (Å²) in [6, 6.07) is 18.0. The van der Waals surface area contributed by atoms with Crippen LogP contribution in [0.5, 0.6) is 5.75 Å². The molecule has 7 heteroatoms. The average Bonchev–Trinajstić information content (AvgIpc) is 2.82. The molecule has 2 amide bonds. The molecule has 1 N–H and O–H groups in total. The number of carbonyl (C=O) groups is 2. The van der Waals surface area contributed by atoms with Crippen LogP contribution in [0.15, 0.2) is 60.7 Å². The van der Waals surface area contributed by atoms with E-state index in [1.807, 2.05) is 56.3 Å². The molecule has 0 fully saturated rings. The van der Waals surface area contributed by atoms with Crippen molar-refractivity contribution < 1.29 is 14.3 Å². The van der Waals surface area contributed by atoms with Crippen molar-refractivity contribution >= 4 is 45.8 Å². The number of nitrogens with one attached hydrogen (secondary N) is 1. The summed E-state index contributed by atoms with van der Waals surface area (Å²) >= 11 is 12.7. The van der Waals surface area contributed by atoms with Gasteiger partial charge < -0.3 is 15.0 Å². The highest BCUT2D eigenvalue weighted by Gasteiger charge is 2.30. The van der Waals surface area contributed by atoms with E-state index in [1.165, 1.54) is 4.90 Å². The summed E-state index contributed by atoms with van der Waals surface area (Å²) in [6.07, 6.45) is 1.24. The Labute approximate surface area is 204 Å². The molecule has 0 radical (unpaired) electrons. The molecule has 33 heavy (non-hydrogen) atoms. The summed E-state index contributed by atoms with van der Waals surface area (Å²) in [4.78, 5) is 27.8. The van der Waals surface area contributed by atoms with E-state index < -0.39 is 6.04 Å². The summed E-state index contributed by atoms with van der Waals surface area (Å²) < 4.78 is 5.93. The van der Waals surface area contributed by atoms with Gasteiger partial charge in [0, 0.05) is 34.1 Å². The minimum atomic E-state index is -0.674. The van der Waals surface area contributed by atoms with Gasteiger partial charge in [-0.2, -0.15) is 0 Å². The Hall–Kier alpha value is -2.76. The lowest BCUT2D eigenvalue weighted by molar-refractivity contribution is -0.142. The summed E-state index contributed by atoms with van der Waals surface area (Å²) in [5.74, 6) is 0.0825. The van der Waals surface area contributed by atoms with E-state index in [9.17, 15) is 9.59 Å². The standard InChI is InChI=1S/C26H28Cl2N2O3/c1-3-15-29-26(32)23(4-2)30(16-20-21(27)12-8-13-22(20)28)25(31)17-33-24-14-7-10-18-9-5-6-11-19(18)24/h5-14,23H,3-4,15-17H2,1-2H3,(H,29,32)/t23-/m0/s1. The molecular weight excluding hydrogens is 459 g/mol. The van der Waals surface area contributed by atoms with E-state index in [0.29, 0.717) is 34.3 Å². The zero-order valence-electron chi connectivity index (χ0n) is 18.8. The van der Waals surface area contributed by atoms with E-state index in [1.54, 1.807) is 18.2 Å². The molecule has 0 aliphatic carbocycles. The van der Waals surface area contributed by atoms with Gasteiger partial charge >= 0.3 is 0 Å². The molecule has 3 rings (SSSR count). The highest BCUT2D eigenvalue weighted by atomic mass is 35.5. The lowest BCUT2D eigenvalue weighted by atomic mass is 10.1. The molecule has 0 aliphatic heterocycles. The van der Waals surface area contributed by atoms with Gasteiger partial charge in [-0.05, 0) is 36.4 Å². The average molecular weight is 487 g/mol. The first-order valence-corrected chi connectivity index (χ1v) is 11.8. The smallest absolute Gasteiger partial charge is 0.261 e. The lowest BCUT2D eigenvalue weighted by Gasteiger charge is -2.31. The van der Waals surface area contributed by atoms with Crippen LogP contribution in [0.3, 0.4) is 0 Å². The van der Waals surface area contributed by atoms with Gasteiger partial charge in [-0.1, -0.05) is 79.5 Å². The predicted molar refractivity (Wildman–Crippen MR) is 134 cm³/mol. The number of carbonyl (C=O) groups excluding carboxylic acids is 2. The fourth-order valence-corrected chi connectivity index (χ4v) is 4.20. The number of hydrogen-bond acceptors (Lipinski definition) is 3. The molecule has 0 unspecified atom stereocenters. The van der Waals surface area contributed by atoms with Crippen LogP contribution in [0.1, 0.15) is 32.3 Å². The first-order valence-electron chi connectivity index (χ1n) is 11.1. The van der Waals surface area contributed by atoms with Crippen molar-refractivity contribution in [1.29, 1.82) is 0 Å². The highest BCUT2D eigenvalue weighted by Crippen LogP contribution is 2.28. The molecule has 0 spiro atoms. The molecule has 0 aromatic heterocycles. The molecule has 0 heterocycles.